The molecule has 0 saturated carbocycles. The van der Waals surface area contributed by atoms with Crippen LogP contribution in [0.2, 0.25) is 0 Å². The number of carbonyl (C=O) groups excluding carboxylic acids is 4. The maximum Gasteiger partial charge on any atom is 0.417 e. The minimum absolute atomic E-state index is 0. The molecule has 5 atom stereocenters. The molecular weight excluding hydrogens is 929 g/mol. The van der Waals surface area contributed by atoms with Gasteiger partial charge in [0.05, 0.1) is 12.1 Å². The molecule has 2 fully saturated rings. The summed E-state index contributed by atoms with van der Waals surface area (Å²) in [5.41, 5.74) is 1.82. The van der Waals surface area contributed by atoms with Crippen molar-refractivity contribution < 1.29 is 28.7 Å². The summed E-state index contributed by atoms with van der Waals surface area (Å²) >= 11 is 0. The van der Waals surface area contributed by atoms with Gasteiger partial charge in [-0.15, -0.1) is 0 Å². The molecule has 2 aromatic rings. The number of rotatable bonds is 31. The molecule has 4 amide bonds. The number of ether oxygens (including phenoxy) is 2. The standard InChI is InChI=1S/C34H45NO3.C32H41NO3.CH4/c1-4-6-7-8-9-10-11-12-13-14-15-16-17-18-19-20-21-23-26-30(5-2)33(36)35-29(3)32(38-34(35)37)31-27-24-22-25-28-31;1-3-4-5-6-7-8-9-10-11-12-13-14-15-16-17-18-19-20-24-27-30(34)33-28(2)31(36-32(33)35)29-25-22-21-23-26-29;/h6-7,9-10,12-13,15-16,18-19,21-25,27-30,32H,4-5,8,11,14,17,20,26H2,1-3H3;4-5,7-8,10-11,13-14,16-17,19-23,25-26,28,31H,3,6,9,12,15,18,24,27H2,1-2H3;1H4/b7-6-,10-9-,13-12-,16-15-,19-18-,23-21-;5-4-,8-7-,11-10-,14-13-,17-16-,20-19-;/t29-,30-,32-;28-,31-;/m11./s1. The van der Waals surface area contributed by atoms with E-state index < -0.39 is 24.4 Å². The van der Waals surface area contributed by atoms with E-state index in [1.807, 2.05) is 93.6 Å². The lowest BCUT2D eigenvalue weighted by atomic mass is 9.98. The van der Waals surface area contributed by atoms with Gasteiger partial charge in [0, 0.05) is 12.3 Å². The quantitative estimate of drug-likeness (QED) is 0.0699. The summed E-state index contributed by atoms with van der Waals surface area (Å²) < 4.78 is 11.0. The van der Waals surface area contributed by atoms with Gasteiger partial charge in [0.15, 0.2) is 0 Å². The van der Waals surface area contributed by atoms with E-state index in [-0.39, 0.29) is 37.2 Å². The zero-order valence-corrected chi connectivity index (χ0v) is 45.2. The van der Waals surface area contributed by atoms with Crippen LogP contribution >= 0.6 is 0 Å². The van der Waals surface area contributed by atoms with E-state index in [1.54, 1.807) is 0 Å². The molecule has 8 heteroatoms. The number of benzene rings is 2. The van der Waals surface area contributed by atoms with Crippen molar-refractivity contribution in [2.24, 2.45) is 5.92 Å². The van der Waals surface area contributed by atoms with E-state index in [1.165, 1.54) is 9.80 Å². The number of cyclic esters (lactones) is 2. The first-order valence-electron chi connectivity index (χ1n) is 27.2. The maximum atomic E-state index is 13.1. The van der Waals surface area contributed by atoms with Gasteiger partial charge in [-0.1, -0.05) is 235 Å². The highest BCUT2D eigenvalue weighted by Crippen LogP contribution is 2.35. The number of allylic oxidation sites excluding steroid dienone is 24. The Hall–Kier alpha value is -6.80. The number of nitrogens with zero attached hydrogens (tertiary/aromatic N) is 2. The van der Waals surface area contributed by atoms with Gasteiger partial charge in [0.2, 0.25) is 11.8 Å². The fraction of sp³-hybridized carbons (Fsp3) is 0.403. The fourth-order valence-electron chi connectivity index (χ4n) is 8.12. The van der Waals surface area contributed by atoms with Crippen LogP contribution in [0.15, 0.2) is 206 Å². The molecule has 2 aliphatic heterocycles. The normalized spacial score (nSPS) is 18.8. The lowest BCUT2D eigenvalue weighted by Gasteiger charge is -2.23. The highest BCUT2D eigenvalue weighted by Gasteiger charge is 2.45. The summed E-state index contributed by atoms with van der Waals surface area (Å²) in [6.07, 6.45) is 63.8. The van der Waals surface area contributed by atoms with Crippen molar-refractivity contribution in [3.63, 3.8) is 0 Å². The third-order valence-electron chi connectivity index (χ3n) is 12.3. The summed E-state index contributed by atoms with van der Waals surface area (Å²) in [5.74, 6) is -0.572. The summed E-state index contributed by atoms with van der Waals surface area (Å²) in [6.45, 7) is 10.0. The Balaban J connectivity index is 0.000000507. The van der Waals surface area contributed by atoms with Crippen LogP contribution in [0.4, 0.5) is 9.59 Å². The molecule has 0 N–H and O–H groups in total. The van der Waals surface area contributed by atoms with Crippen molar-refractivity contribution in [1.29, 1.82) is 0 Å². The van der Waals surface area contributed by atoms with Gasteiger partial charge >= 0.3 is 12.2 Å². The zero-order chi connectivity index (χ0) is 53.3. The monoisotopic (exact) mass is 1020 g/mol. The molecule has 2 saturated heterocycles. The van der Waals surface area contributed by atoms with Gasteiger partial charge in [-0.2, -0.15) is 0 Å². The number of hydrogen-bond acceptors (Lipinski definition) is 6. The van der Waals surface area contributed by atoms with Crippen LogP contribution in [0.5, 0.6) is 0 Å². The van der Waals surface area contributed by atoms with Crippen LogP contribution in [-0.4, -0.2) is 45.9 Å². The highest BCUT2D eigenvalue weighted by atomic mass is 16.6. The average Bonchev–Trinajstić information content (AvgIpc) is 3.89. The van der Waals surface area contributed by atoms with Crippen molar-refractivity contribution in [3.8, 4) is 0 Å². The second-order valence-corrected chi connectivity index (χ2v) is 18.1. The fourth-order valence-corrected chi connectivity index (χ4v) is 8.12. The molecule has 2 aromatic carbocycles. The molecule has 0 aliphatic carbocycles. The van der Waals surface area contributed by atoms with Crippen LogP contribution in [0.1, 0.15) is 168 Å². The molecule has 2 aliphatic rings. The van der Waals surface area contributed by atoms with E-state index in [9.17, 15) is 19.2 Å². The van der Waals surface area contributed by atoms with E-state index in [2.05, 4.69) is 148 Å². The first-order valence-corrected chi connectivity index (χ1v) is 27.2. The van der Waals surface area contributed by atoms with E-state index in [0.29, 0.717) is 25.7 Å². The van der Waals surface area contributed by atoms with Crippen LogP contribution in [0.3, 0.4) is 0 Å². The Bertz CT molecular complexity index is 2270. The van der Waals surface area contributed by atoms with Gasteiger partial charge in [-0.25, -0.2) is 19.4 Å². The Morgan fingerprint density at radius 3 is 1.11 bits per heavy atom. The Morgan fingerprint density at radius 1 is 0.453 bits per heavy atom. The molecule has 404 valence electrons. The molecule has 4 rings (SSSR count). The predicted molar refractivity (Wildman–Crippen MR) is 315 cm³/mol. The number of hydrogen-bond donors (Lipinski definition) is 0. The zero-order valence-electron chi connectivity index (χ0n) is 45.2. The maximum absolute atomic E-state index is 13.1. The molecule has 8 nitrogen and oxygen atoms in total. The minimum atomic E-state index is -0.552. The number of amides is 4. The Labute approximate surface area is 453 Å². The van der Waals surface area contributed by atoms with Crippen molar-refractivity contribution in [3.05, 3.63) is 218 Å². The second-order valence-electron chi connectivity index (χ2n) is 18.1. The predicted octanol–water partition coefficient (Wildman–Crippen LogP) is 18.4. The summed E-state index contributed by atoms with van der Waals surface area (Å²) in [6, 6.07) is 18.5. The van der Waals surface area contributed by atoms with Gasteiger partial charge in [-0.05, 0) is 121 Å². The van der Waals surface area contributed by atoms with E-state index in [0.717, 1.165) is 88.2 Å². The SMILES string of the molecule is C.CC/C=C\C/C=C\C/C=C\C/C=C\C/C=C\C/C=C\CCC(=O)N1C(=O)O[C@@H](c2ccccc2)[C@H]1C.CC/C=C\C/C=C\C/C=C\C/C=C\C/C=C\C/C=C\C[C@@H](CC)C(=O)N1C(=O)O[C@@H](c2ccccc2)[C@H]1C. The van der Waals surface area contributed by atoms with Crippen LogP contribution in [-0.2, 0) is 19.1 Å². The van der Waals surface area contributed by atoms with Crippen LogP contribution in [0.25, 0.3) is 0 Å². The Kier molecular flexibility index (Phi) is 35.6. The largest absolute Gasteiger partial charge is 0.439 e. The molecule has 0 bridgehead atoms. The molecule has 0 aromatic heterocycles. The third kappa shape index (κ3) is 26.3. The summed E-state index contributed by atoms with van der Waals surface area (Å²) in [4.78, 5) is 53.1. The lowest BCUT2D eigenvalue weighted by Crippen LogP contribution is -2.41. The first kappa shape index (κ1) is 64.3. The third-order valence-corrected chi connectivity index (χ3v) is 12.3. The smallest absolute Gasteiger partial charge is 0.417 e. The van der Waals surface area contributed by atoms with Crippen LogP contribution in [0, 0.1) is 5.92 Å². The topological polar surface area (TPSA) is 93.2 Å². The van der Waals surface area contributed by atoms with Gasteiger partial charge in [0.1, 0.15) is 12.2 Å². The lowest BCUT2D eigenvalue weighted by molar-refractivity contribution is -0.133. The van der Waals surface area contributed by atoms with E-state index >= 15 is 0 Å². The van der Waals surface area contributed by atoms with Crippen molar-refractivity contribution in [2.75, 3.05) is 0 Å². The molecule has 0 unspecified atom stereocenters. The van der Waals surface area contributed by atoms with Crippen molar-refractivity contribution >= 4 is 24.0 Å². The van der Waals surface area contributed by atoms with Gasteiger partial charge in [0.25, 0.3) is 0 Å². The Morgan fingerprint density at radius 2 is 0.760 bits per heavy atom. The van der Waals surface area contributed by atoms with Gasteiger partial charge < -0.3 is 9.47 Å². The molecular formula is C67H90N2O6. The van der Waals surface area contributed by atoms with Crippen molar-refractivity contribution in [2.45, 2.75) is 169 Å². The first-order chi connectivity index (χ1) is 36.2. The van der Waals surface area contributed by atoms with E-state index in [4.69, 9.17) is 9.47 Å². The summed E-state index contributed by atoms with van der Waals surface area (Å²) in [5, 5.41) is 0. The summed E-state index contributed by atoms with van der Waals surface area (Å²) in [7, 11) is 0. The number of imide groups is 2. The molecule has 0 radical (unpaired) electrons. The molecule has 2 heterocycles. The molecule has 75 heavy (non-hydrogen) atoms. The second kappa shape index (κ2) is 41.5. The molecule has 0 spiro atoms. The van der Waals surface area contributed by atoms with Crippen molar-refractivity contribution in [1.82, 2.24) is 9.80 Å². The number of carbonyl (C=O) groups is 4. The minimum Gasteiger partial charge on any atom is -0.439 e. The van der Waals surface area contributed by atoms with Crippen LogP contribution < -0.4 is 0 Å². The average molecular weight is 1020 g/mol. The van der Waals surface area contributed by atoms with Gasteiger partial charge in [-0.3, -0.25) is 9.59 Å². The highest BCUT2D eigenvalue weighted by molar-refractivity contribution is 5.95.